The van der Waals surface area contributed by atoms with E-state index < -0.39 is 0 Å². The van der Waals surface area contributed by atoms with E-state index in [1.807, 2.05) is 13.0 Å². The second-order valence-electron chi connectivity index (χ2n) is 5.36. The van der Waals surface area contributed by atoms with E-state index in [-0.39, 0.29) is 17.5 Å². The van der Waals surface area contributed by atoms with Crippen LogP contribution in [-0.2, 0) is 4.79 Å². The van der Waals surface area contributed by atoms with Gasteiger partial charge in [0, 0.05) is 12.0 Å². The van der Waals surface area contributed by atoms with Crippen molar-refractivity contribution in [3.63, 3.8) is 0 Å². The Morgan fingerprint density at radius 1 is 1.42 bits per heavy atom. The van der Waals surface area contributed by atoms with Crippen molar-refractivity contribution >= 4 is 29.1 Å². The summed E-state index contributed by atoms with van der Waals surface area (Å²) in [4.78, 5) is 11.9. The fourth-order valence-electron chi connectivity index (χ4n) is 2.29. The van der Waals surface area contributed by atoms with Crippen LogP contribution in [0.2, 0.25) is 10.0 Å². The number of amides is 1. The van der Waals surface area contributed by atoms with Gasteiger partial charge in [0.2, 0.25) is 5.91 Å². The number of hydrogen-bond donors (Lipinski definition) is 2. The summed E-state index contributed by atoms with van der Waals surface area (Å²) >= 11 is 11.8. The van der Waals surface area contributed by atoms with Gasteiger partial charge in [0.1, 0.15) is 0 Å². The third-order valence-electron chi connectivity index (χ3n) is 3.68. The van der Waals surface area contributed by atoms with Crippen LogP contribution in [0, 0.1) is 0 Å². The van der Waals surface area contributed by atoms with E-state index in [0.29, 0.717) is 16.5 Å². The SMILES string of the molecule is CC(NC(=O)CC1(N)CCC1)c1ccc(Cl)c(Cl)c1. The molecule has 19 heavy (non-hydrogen) atoms. The average Bonchev–Trinajstić information content (AvgIpc) is 2.30. The molecule has 1 unspecified atom stereocenters. The third kappa shape index (κ3) is 3.62. The summed E-state index contributed by atoms with van der Waals surface area (Å²) in [5.74, 6) is -0.0132. The van der Waals surface area contributed by atoms with Crippen molar-refractivity contribution in [3.05, 3.63) is 33.8 Å². The summed E-state index contributed by atoms with van der Waals surface area (Å²) < 4.78 is 0. The van der Waals surface area contributed by atoms with Gasteiger partial charge >= 0.3 is 0 Å². The van der Waals surface area contributed by atoms with Crippen LogP contribution >= 0.6 is 23.2 Å². The maximum Gasteiger partial charge on any atom is 0.222 e. The molecule has 0 radical (unpaired) electrons. The Hall–Kier alpha value is -0.770. The molecule has 0 spiro atoms. The molecule has 5 heteroatoms. The molecule has 0 heterocycles. The number of hydrogen-bond acceptors (Lipinski definition) is 2. The molecular weight excluding hydrogens is 283 g/mol. The van der Waals surface area contributed by atoms with E-state index in [2.05, 4.69) is 5.32 Å². The first-order chi connectivity index (χ1) is 8.89. The monoisotopic (exact) mass is 300 g/mol. The number of benzene rings is 1. The molecule has 1 aliphatic rings. The Morgan fingerprint density at radius 2 is 2.11 bits per heavy atom. The molecule has 104 valence electrons. The molecule has 0 bridgehead atoms. The van der Waals surface area contributed by atoms with Gasteiger partial charge in [-0.15, -0.1) is 0 Å². The first kappa shape index (κ1) is 14.6. The summed E-state index contributed by atoms with van der Waals surface area (Å²) in [7, 11) is 0. The van der Waals surface area contributed by atoms with Gasteiger partial charge in [-0.1, -0.05) is 29.3 Å². The van der Waals surface area contributed by atoms with Crippen molar-refractivity contribution in [3.8, 4) is 0 Å². The maximum atomic E-state index is 11.9. The summed E-state index contributed by atoms with van der Waals surface area (Å²) in [5, 5.41) is 3.95. The molecular formula is C14H18Cl2N2O. The van der Waals surface area contributed by atoms with Crippen molar-refractivity contribution in [2.45, 2.75) is 44.2 Å². The lowest BCUT2D eigenvalue weighted by Gasteiger charge is -2.37. The van der Waals surface area contributed by atoms with Gasteiger partial charge in [0.05, 0.1) is 16.1 Å². The number of halogens is 2. The minimum absolute atomic E-state index is 0.0132. The van der Waals surface area contributed by atoms with Gasteiger partial charge in [-0.05, 0) is 43.9 Å². The van der Waals surface area contributed by atoms with Crippen LogP contribution in [-0.4, -0.2) is 11.4 Å². The highest BCUT2D eigenvalue weighted by atomic mass is 35.5. The third-order valence-corrected chi connectivity index (χ3v) is 4.42. The highest BCUT2D eigenvalue weighted by Crippen LogP contribution is 2.32. The fourth-order valence-corrected chi connectivity index (χ4v) is 2.59. The van der Waals surface area contributed by atoms with Gasteiger partial charge in [0.15, 0.2) is 0 Å². The molecule has 1 aromatic carbocycles. The van der Waals surface area contributed by atoms with E-state index >= 15 is 0 Å². The van der Waals surface area contributed by atoms with Crippen LogP contribution in [0.1, 0.15) is 44.2 Å². The first-order valence-electron chi connectivity index (χ1n) is 6.43. The number of carbonyl (C=O) groups is 1. The smallest absolute Gasteiger partial charge is 0.222 e. The standard InChI is InChI=1S/C14H18Cl2N2O/c1-9(10-3-4-11(15)12(16)7-10)18-13(19)8-14(17)5-2-6-14/h3-4,7,9H,2,5-6,8,17H2,1H3,(H,18,19). The van der Waals surface area contributed by atoms with Crippen LogP contribution in [0.25, 0.3) is 0 Å². The maximum absolute atomic E-state index is 11.9. The zero-order valence-corrected chi connectivity index (χ0v) is 12.4. The van der Waals surface area contributed by atoms with Crippen molar-refractivity contribution in [2.24, 2.45) is 5.73 Å². The number of rotatable bonds is 4. The molecule has 1 amide bonds. The molecule has 1 saturated carbocycles. The van der Waals surface area contributed by atoms with E-state index in [9.17, 15) is 4.79 Å². The Kier molecular flexibility index (Phi) is 4.39. The summed E-state index contributed by atoms with van der Waals surface area (Å²) in [6, 6.07) is 5.26. The van der Waals surface area contributed by atoms with Gasteiger partial charge in [0.25, 0.3) is 0 Å². The lowest BCUT2D eigenvalue weighted by molar-refractivity contribution is -0.123. The zero-order valence-electron chi connectivity index (χ0n) is 10.9. The summed E-state index contributed by atoms with van der Waals surface area (Å²) in [6.07, 6.45) is 3.37. The Balaban J connectivity index is 1.94. The lowest BCUT2D eigenvalue weighted by Crippen LogP contribution is -2.50. The molecule has 3 nitrogen and oxygen atoms in total. The fraction of sp³-hybridized carbons (Fsp3) is 0.500. The normalized spacial score (nSPS) is 18.5. The van der Waals surface area contributed by atoms with E-state index in [1.54, 1.807) is 12.1 Å². The predicted octanol–water partition coefficient (Wildman–Crippen LogP) is 3.44. The van der Waals surface area contributed by atoms with E-state index in [4.69, 9.17) is 28.9 Å². The molecule has 1 aromatic rings. The van der Waals surface area contributed by atoms with Crippen LogP contribution in [0.15, 0.2) is 18.2 Å². The second-order valence-corrected chi connectivity index (χ2v) is 6.17. The Bertz CT molecular complexity index is 486. The van der Waals surface area contributed by atoms with Crippen molar-refractivity contribution in [1.82, 2.24) is 5.32 Å². The minimum atomic E-state index is -0.290. The zero-order chi connectivity index (χ0) is 14.0. The van der Waals surface area contributed by atoms with Crippen molar-refractivity contribution < 1.29 is 4.79 Å². The summed E-state index contributed by atoms with van der Waals surface area (Å²) in [6.45, 7) is 1.92. The molecule has 0 aromatic heterocycles. The average molecular weight is 301 g/mol. The van der Waals surface area contributed by atoms with Crippen molar-refractivity contribution in [2.75, 3.05) is 0 Å². The van der Waals surface area contributed by atoms with E-state index in [1.165, 1.54) is 0 Å². The number of nitrogens with two attached hydrogens (primary N) is 1. The van der Waals surface area contributed by atoms with Gasteiger partial charge in [-0.25, -0.2) is 0 Å². The topological polar surface area (TPSA) is 55.1 Å². The predicted molar refractivity (Wildman–Crippen MR) is 78.4 cm³/mol. The minimum Gasteiger partial charge on any atom is -0.350 e. The Labute approximate surface area is 123 Å². The highest BCUT2D eigenvalue weighted by molar-refractivity contribution is 6.42. The van der Waals surface area contributed by atoms with Crippen LogP contribution in [0.4, 0.5) is 0 Å². The quantitative estimate of drug-likeness (QED) is 0.895. The van der Waals surface area contributed by atoms with E-state index in [0.717, 1.165) is 24.8 Å². The molecule has 3 N–H and O–H groups in total. The number of carbonyl (C=O) groups excluding carboxylic acids is 1. The number of nitrogens with one attached hydrogen (secondary N) is 1. The first-order valence-corrected chi connectivity index (χ1v) is 7.18. The molecule has 2 rings (SSSR count). The molecule has 0 saturated heterocycles. The lowest BCUT2D eigenvalue weighted by atomic mass is 9.75. The van der Waals surface area contributed by atoms with Crippen LogP contribution < -0.4 is 11.1 Å². The van der Waals surface area contributed by atoms with Crippen molar-refractivity contribution in [1.29, 1.82) is 0 Å². The largest absolute Gasteiger partial charge is 0.350 e. The molecule has 1 aliphatic carbocycles. The summed E-state index contributed by atoms with van der Waals surface area (Å²) in [5.41, 5.74) is 6.71. The van der Waals surface area contributed by atoms with Crippen LogP contribution in [0.3, 0.4) is 0 Å². The highest BCUT2D eigenvalue weighted by Gasteiger charge is 2.34. The molecule has 1 fully saturated rings. The van der Waals surface area contributed by atoms with Gasteiger partial charge in [-0.2, -0.15) is 0 Å². The second kappa shape index (κ2) is 5.70. The van der Waals surface area contributed by atoms with Gasteiger partial charge in [-0.3, -0.25) is 4.79 Å². The Morgan fingerprint density at radius 3 is 2.63 bits per heavy atom. The van der Waals surface area contributed by atoms with Crippen LogP contribution in [0.5, 0.6) is 0 Å². The molecule has 0 aliphatic heterocycles. The molecule has 1 atom stereocenters. The van der Waals surface area contributed by atoms with Gasteiger partial charge < -0.3 is 11.1 Å².